The summed E-state index contributed by atoms with van der Waals surface area (Å²) in [6.07, 6.45) is 6.75. The van der Waals surface area contributed by atoms with Crippen LogP contribution in [-0.2, 0) is 11.3 Å². The number of hydrogen-bond acceptors (Lipinski definition) is 5. The maximum Gasteiger partial charge on any atom is 0.314 e. The van der Waals surface area contributed by atoms with E-state index in [2.05, 4.69) is 25.7 Å². The van der Waals surface area contributed by atoms with Gasteiger partial charge in [-0.05, 0) is 6.07 Å². The predicted molar refractivity (Wildman–Crippen MR) is 76.5 cm³/mol. The lowest BCUT2D eigenvalue weighted by atomic mass is 10.3. The lowest BCUT2D eigenvalue weighted by molar-refractivity contribution is 0.196. The van der Waals surface area contributed by atoms with Crippen molar-refractivity contribution in [3.63, 3.8) is 0 Å². The molecule has 8 heteroatoms. The Balaban J connectivity index is 1.75. The lowest BCUT2D eigenvalue weighted by Crippen LogP contribution is -2.38. The molecule has 0 bridgehead atoms. The van der Waals surface area contributed by atoms with Gasteiger partial charge in [0, 0.05) is 38.8 Å². The third-order valence-electron chi connectivity index (χ3n) is 2.68. The Hall–Kier alpha value is -2.48. The second-order valence-corrected chi connectivity index (χ2v) is 4.23. The Kier molecular flexibility index (Phi) is 5.65. The van der Waals surface area contributed by atoms with Gasteiger partial charge in [0.1, 0.15) is 11.4 Å². The van der Waals surface area contributed by atoms with Crippen molar-refractivity contribution in [1.29, 1.82) is 0 Å². The summed E-state index contributed by atoms with van der Waals surface area (Å²) in [5, 5.41) is 9.80. The Morgan fingerprint density at radius 2 is 2.14 bits per heavy atom. The third-order valence-corrected chi connectivity index (χ3v) is 2.68. The van der Waals surface area contributed by atoms with E-state index >= 15 is 0 Å². The summed E-state index contributed by atoms with van der Waals surface area (Å²) in [6, 6.07) is 1.65. The minimum atomic E-state index is -0.214. The number of urea groups is 1. The zero-order valence-corrected chi connectivity index (χ0v) is 11.8. The van der Waals surface area contributed by atoms with Crippen molar-refractivity contribution in [1.82, 2.24) is 30.4 Å². The summed E-state index contributed by atoms with van der Waals surface area (Å²) in [6.45, 7) is 2.05. The van der Waals surface area contributed by atoms with Crippen LogP contribution in [0, 0.1) is 0 Å². The van der Waals surface area contributed by atoms with Crippen LogP contribution in [0.4, 0.5) is 4.79 Å². The van der Waals surface area contributed by atoms with Gasteiger partial charge in [-0.1, -0.05) is 0 Å². The van der Waals surface area contributed by atoms with Crippen LogP contribution in [0.5, 0.6) is 0 Å². The van der Waals surface area contributed by atoms with E-state index in [-0.39, 0.29) is 6.03 Å². The van der Waals surface area contributed by atoms with Crippen LogP contribution in [0.3, 0.4) is 0 Å². The molecule has 2 heterocycles. The van der Waals surface area contributed by atoms with Crippen molar-refractivity contribution in [3.8, 4) is 11.4 Å². The highest BCUT2D eigenvalue weighted by Crippen LogP contribution is 2.11. The number of hydrogen-bond donors (Lipinski definition) is 2. The van der Waals surface area contributed by atoms with Crippen molar-refractivity contribution in [2.45, 2.75) is 6.54 Å². The van der Waals surface area contributed by atoms with Crippen LogP contribution in [-0.4, -0.2) is 52.6 Å². The third kappa shape index (κ3) is 4.84. The molecule has 2 aromatic rings. The van der Waals surface area contributed by atoms with Crippen molar-refractivity contribution in [3.05, 3.63) is 30.9 Å². The van der Waals surface area contributed by atoms with Gasteiger partial charge in [0.25, 0.3) is 0 Å². The largest absolute Gasteiger partial charge is 0.383 e. The molecule has 8 nitrogen and oxygen atoms in total. The molecule has 0 radical (unpaired) electrons. The smallest absolute Gasteiger partial charge is 0.314 e. The normalized spacial score (nSPS) is 10.3. The molecule has 0 aliphatic rings. The van der Waals surface area contributed by atoms with Gasteiger partial charge in [0.15, 0.2) is 0 Å². The molecule has 112 valence electrons. The maximum absolute atomic E-state index is 11.4. The standard InChI is InChI=1S/C13H18N6O2/c1-21-9-6-17-13(20)16-5-8-19-7-2-11(18-19)12-10-14-3-4-15-12/h2-4,7,10H,5-6,8-9H2,1H3,(H2,16,17,20). The second kappa shape index (κ2) is 7.95. The molecule has 0 fully saturated rings. The van der Waals surface area contributed by atoms with Gasteiger partial charge >= 0.3 is 6.03 Å². The van der Waals surface area contributed by atoms with E-state index in [0.717, 1.165) is 11.4 Å². The Morgan fingerprint density at radius 1 is 1.29 bits per heavy atom. The Bertz CT molecular complexity index is 557. The molecule has 0 aromatic carbocycles. The summed E-state index contributed by atoms with van der Waals surface area (Å²) in [7, 11) is 1.59. The van der Waals surface area contributed by atoms with Crippen LogP contribution in [0.15, 0.2) is 30.9 Å². The van der Waals surface area contributed by atoms with E-state index in [4.69, 9.17) is 4.74 Å². The number of carbonyl (C=O) groups excluding carboxylic acids is 1. The van der Waals surface area contributed by atoms with E-state index in [1.807, 2.05) is 12.3 Å². The molecule has 0 saturated heterocycles. The molecule has 21 heavy (non-hydrogen) atoms. The SMILES string of the molecule is COCCNC(=O)NCCn1ccc(-c2cnccn2)n1. The van der Waals surface area contributed by atoms with Crippen LogP contribution < -0.4 is 10.6 Å². The predicted octanol–water partition coefficient (Wildman–Crippen LogP) is 0.286. The monoisotopic (exact) mass is 290 g/mol. The Labute approximate surface area is 122 Å². The van der Waals surface area contributed by atoms with E-state index < -0.39 is 0 Å². The first-order chi connectivity index (χ1) is 10.3. The van der Waals surface area contributed by atoms with Gasteiger partial charge in [-0.3, -0.25) is 14.6 Å². The number of carbonyl (C=O) groups is 1. The fraction of sp³-hybridized carbons (Fsp3) is 0.385. The number of aromatic nitrogens is 4. The van der Waals surface area contributed by atoms with Crippen LogP contribution in [0.1, 0.15) is 0 Å². The van der Waals surface area contributed by atoms with Crippen LogP contribution >= 0.6 is 0 Å². The first kappa shape index (κ1) is 14.9. The average Bonchev–Trinajstić information content (AvgIpc) is 2.97. The summed E-state index contributed by atoms with van der Waals surface area (Å²) in [5.41, 5.74) is 1.48. The van der Waals surface area contributed by atoms with Gasteiger partial charge in [-0.2, -0.15) is 5.10 Å². The number of nitrogens with one attached hydrogen (secondary N) is 2. The van der Waals surface area contributed by atoms with Gasteiger partial charge in [0.05, 0.1) is 19.3 Å². The zero-order chi connectivity index (χ0) is 14.9. The second-order valence-electron chi connectivity index (χ2n) is 4.23. The summed E-state index contributed by atoms with van der Waals surface area (Å²) in [4.78, 5) is 19.6. The maximum atomic E-state index is 11.4. The van der Waals surface area contributed by atoms with E-state index in [9.17, 15) is 4.79 Å². The van der Waals surface area contributed by atoms with Crippen molar-refractivity contribution >= 4 is 6.03 Å². The highest BCUT2D eigenvalue weighted by Gasteiger charge is 2.04. The first-order valence-electron chi connectivity index (χ1n) is 6.60. The summed E-state index contributed by atoms with van der Waals surface area (Å²) >= 11 is 0. The minimum absolute atomic E-state index is 0.214. The molecular formula is C13H18N6O2. The molecule has 2 amide bonds. The van der Waals surface area contributed by atoms with E-state index in [1.54, 1.807) is 30.4 Å². The first-order valence-corrected chi connectivity index (χ1v) is 6.60. The molecule has 0 aliphatic heterocycles. The van der Waals surface area contributed by atoms with Crippen LogP contribution in [0.25, 0.3) is 11.4 Å². The van der Waals surface area contributed by atoms with Crippen molar-refractivity contribution in [2.24, 2.45) is 0 Å². The fourth-order valence-corrected chi connectivity index (χ4v) is 1.67. The molecule has 2 N–H and O–H groups in total. The lowest BCUT2D eigenvalue weighted by Gasteiger charge is -2.07. The number of ether oxygens (including phenoxy) is 1. The van der Waals surface area contributed by atoms with Gasteiger partial charge in [0.2, 0.25) is 0 Å². The quantitative estimate of drug-likeness (QED) is 0.715. The summed E-state index contributed by atoms with van der Waals surface area (Å²) in [5.74, 6) is 0. The number of amides is 2. The molecule has 2 rings (SSSR count). The number of nitrogens with zero attached hydrogens (tertiary/aromatic N) is 4. The molecular weight excluding hydrogens is 272 g/mol. The molecule has 0 aliphatic carbocycles. The highest BCUT2D eigenvalue weighted by atomic mass is 16.5. The van der Waals surface area contributed by atoms with E-state index in [0.29, 0.717) is 26.2 Å². The minimum Gasteiger partial charge on any atom is -0.383 e. The van der Waals surface area contributed by atoms with E-state index in [1.165, 1.54) is 0 Å². The van der Waals surface area contributed by atoms with Gasteiger partial charge in [-0.25, -0.2) is 4.79 Å². The fourth-order valence-electron chi connectivity index (χ4n) is 1.67. The molecule has 0 atom stereocenters. The molecule has 0 spiro atoms. The van der Waals surface area contributed by atoms with Crippen LogP contribution in [0.2, 0.25) is 0 Å². The Morgan fingerprint density at radius 3 is 2.90 bits per heavy atom. The van der Waals surface area contributed by atoms with Crippen molar-refractivity contribution < 1.29 is 9.53 Å². The molecule has 0 saturated carbocycles. The van der Waals surface area contributed by atoms with Gasteiger partial charge in [-0.15, -0.1) is 0 Å². The average molecular weight is 290 g/mol. The zero-order valence-electron chi connectivity index (χ0n) is 11.8. The number of rotatable bonds is 7. The highest BCUT2D eigenvalue weighted by molar-refractivity contribution is 5.73. The number of methoxy groups -OCH3 is 1. The topological polar surface area (TPSA) is 94.0 Å². The summed E-state index contributed by atoms with van der Waals surface area (Å²) < 4.78 is 6.59. The molecule has 0 unspecified atom stereocenters. The van der Waals surface area contributed by atoms with Crippen molar-refractivity contribution in [2.75, 3.05) is 26.8 Å². The molecule has 2 aromatic heterocycles. The van der Waals surface area contributed by atoms with Gasteiger partial charge < -0.3 is 15.4 Å².